The maximum atomic E-state index is 9.39. The molecule has 0 radical (unpaired) electrons. The number of hydrogen-bond acceptors (Lipinski definition) is 3. The quantitative estimate of drug-likeness (QED) is 0.886. The van der Waals surface area contributed by atoms with E-state index in [0.717, 1.165) is 16.9 Å². The van der Waals surface area contributed by atoms with E-state index in [-0.39, 0.29) is 6.61 Å². The summed E-state index contributed by atoms with van der Waals surface area (Å²) in [4.78, 5) is 0. The Bertz CT molecular complexity index is 642. The summed E-state index contributed by atoms with van der Waals surface area (Å²) in [5, 5.41) is 10.2. The van der Waals surface area contributed by atoms with Gasteiger partial charge in [0.15, 0.2) is 0 Å². The number of aryl methyl sites for hydroxylation is 1. The van der Waals surface area contributed by atoms with Crippen molar-refractivity contribution in [3.8, 4) is 11.5 Å². The lowest BCUT2D eigenvalue weighted by Crippen LogP contribution is -2.02. The molecule has 0 heterocycles. The molecule has 0 bridgehead atoms. The second-order valence-electron chi connectivity index (χ2n) is 4.64. The second kappa shape index (κ2) is 7.03. The van der Waals surface area contributed by atoms with Gasteiger partial charge in [0.05, 0.1) is 18.7 Å². The molecule has 0 aliphatic carbocycles. The number of halogens is 2. The molecule has 1 N–H and O–H groups in total. The number of benzene rings is 2. The van der Waals surface area contributed by atoms with E-state index in [0.29, 0.717) is 28.0 Å². The average molecular weight is 327 g/mol. The van der Waals surface area contributed by atoms with Crippen molar-refractivity contribution in [3.05, 3.63) is 57.1 Å². The predicted molar refractivity (Wildman–Crippen MR) is 84.4 cm³/mol. The molecule has 112 valence electrons. The normalized spacial score (nSPS) is 10.5. The van der Waals surface area contributed by atoms with Crippen molar-refractivity contribution in [2.45, 2.75) is 20.1 Å². The Morgan fingerprint density at radius 3 is 2.52 bits per heavy atom. The Kier molecular flexibility index (Phi) is 5.34. The standard InChI is InChI=1S/C16H16Cl2O3/c1-10-3-4-15(20-2)12(5-10)9-21-16-11(8-19)6-13(17)7-14(16)18/h3-7,19H,8-9H2,1-2H3. The first kappa shape index (κ1) is 16.0. The minimum atomic E-state index is -0.194. The number of aliphatic hydroxyl groups is 1. The molecule has 0 saturated heterocycles. The summed E-state index contributed by atoms with van der Waals surface area (Å²) in [6.45, 7) is 2.09. The fourth-order valence-corrected chi connectivity index (χ4v) is 2.65. The molecule has 0 aliphatic rings. The first-order chi connectivity index (χ1) is 10.0. The molecule has 21 heavy (non-hydrogen) atoms. The van der Waals surface area contributed by atoms with E-state index in [2.05, 4.69) is 0 Å². The highest BCUT2D eigenvalue weighted by atomic mass is 35.5. The van der Waals surface area contributed by atoms with E-state index in [1.54, 1.807) is 19.2 Å². The third kappa shape index (κ3) is 3.82. The van der Waals surface area contributed by atoms with Crippen molar-refractivity contribution in [3.63, 3.8) is 0 Å². The topological polar surface area (TPSA) is 38.7 Å². The molecule has 0 fully saturated rings. The monoisotopic (exact) mass is 326 g/mol. The predicted octanol–water partition coefficient (Wildman–Crippen LogP) is 4.38. The summed E-state index contributed by atoms with van der Waals surface area (Å²) >= 11 is 12.0. The van der Waals surface area contributed by atoms with Crippen LogP contribution in [-0.4, -0.2) is 12.2 Å². The molecule has 3 nitrogen and oxygen atoms in total. The molecular formula is C16H16Cl2O3. The lowest BCUT2D eigenvalue weighted by molar-refractivity contribution is 0.257. The Morgan fingerprint density at radius 2 is 1.86 bits per heavy atom. The molecule has 0 saturated carbocycles. The van der Waals surface area contributed by atoms with Gasteiger partial charge in [0.25, 0.3) is 0 Å². The molecule has 0 aliphatic heterocycles. The fraction of sp³-hybridized carbons (Fsp3) is 0.250. The minimum Gasteiger partial charge on any atom is -0.496 e. The third-order valence-electron chi connectivity index (χ3n) is 3.06. The van der Waals surface area contributed by atoms with Gasteiger partial charge < -0.3 is 14.6 Å². The molecule has 0 aromatic heterocycles. The Morgan fingerprint density at radius 1 is 1.10 bits per heavy atom. The molecule has 2 rings (SSSR count). The van der Waals surface area contributed by atoms with Crippen LogP contribution in [0.25, 0.3) is 0 Å². The van der Waals surface area contributed by atoms with Gasteiger partial charge >= 0.3 is 0 Å². The summed E-state index contributed by atoms with van der Waals surface area (Å²) in [7, 11) is 1.61. The summed E-state index contributed by atoms with van der Waals surface area (Å²) in [6.07, 6.45) is 0. The molecule has 0 spiro atoms. The lowest BCUT2D eigenvalue weighted by Gasteiger charge is -2.14. The highest BCUT2D eigenvalue weighted by Crippen LogP contribution is 2.33. The summed E-state index contributed by atoms with van der Waals surface area (Å²) in [5.41, 5.74) is 2.57. The molecule has 2 aromatic carbocycles. The van der Waals surface area contributed by atoms with E-state index < -0.39 is 0 Å². The third-order valence-corrected chi connectivity index (χ3v) is 3.56. The van der Waals surface area contributed by atoms with Crippen LogP contribution in [0.15, 0.2) is 30.3 Å². The highest BCUT2D eigenvalue weighted by molar-refractivity contribution is 6.35. The lowest BCUT2D eigenvalue weighted by atomic mass is 10.1. The first-order valence-electron chi connectivity index (χ1n) is 6.40. The van der Waals surface area contributed by atoms with Gasteiger partial charge in [-0.2, -0.15) is 0 Å². The minimum absolute atomic E-state index is 0.194. The van der Waals surface area contributed by atoms with Crippen molar-refractivity contribution in [2.24, 2.45) is 0 Å². The van der Waals surface area contributed by atoms with Gasteiger partial charge in [-0.25, -0.2) is 0 Å². The molecular weight excluding hydrogens is 311 g/mol. The summed E-state index contributed by atoms with van der Waals surface area (Å²) in [6, 6.07) is 9.07. The van der Waals surface area contributed by atoms with Crippen LogP contribution >= 0.6 is 23.2 Å². The first-order valence-corrected chi connectivity index (χ1v) is 7.16. The highest BCUT2D eigenvalue weighted by Gasteiger charge is 2.12. The van der Waals surface area contributed by atoms with Crippen molar-refractivity contribution in [1.82, 2.24) is 0 Å². The fourth-order valence-electron chi connectivity index (χ4n) is 2.06. The van der Waals surface area contributed by atoms with Crippen molar-refractivity contribution in [2.75, 3.05) is 7.11 Å². The molecule has 0 unspecified atom stereocenters. The van der Waals surface area contributed by atoms with Crippen LogP contribution in [0.4, 0.5) is 0 Å². The number of ether oxygens (including phenoxy) is 2. The van der Waals surface area contributed by atoms with Gasteiger partial charge in [-0.15, -0.1) is 0 Å². The van der Waals surface area contributed by atoms with Crippen LogP contribution in [0, 0.1) is 6.92 Å². The van der Waals surface area contributed by atoms with Gasteiger partial charge in [0.2, 0.25) is 0 Å². The summed E-state index contributed by atoms with van der Waals surface area (Å²) in [5.74, 6) is 1.18. The van der Waals surface area contributed by atoms with E-state index in [9.17, 15) is 5.11 Å². The zero-order chi connectivity index (χ0) is 15.4. The Labute approximate surface area is 134 Å². The summed E-state index contributed by atoms with van der Waals surface area (Å²) < 4.78 is 11.1. The van der Waals surface area contributed by atoms with E-state index in [1.165, 1.54) is 0 Å². The van der Waals surface area contributed by atoms with Crippen LogP contribution in [0.2, 0.25) is 10.0 Å². The van der Waals surface area contributed by atoms with E-state index in [4.69, 9.17) is 32.7 Å². The number of rotatable bonds is 5. The molecule has 5 heteroatoms. The number of aliphatic hydroxyl groups excluding tert-OH is 1. The maximum Gasteiger partial charge on any atom is 0.144 e. The van der Waals surface area contributed by atoms with E-state index >= 15 is 0 Å². The van der Waals surface area contributed by atoms with Crippen molar-refractivity contribution in [1.29, 1.82) is 0 Å². The van der Waals surface area contributed by atoms with Crippen LogP contribution in [-0.2, 0) is 13.2 Å². The Balaban J connectivity index is 2.26. The molecule has 2 aromatic rings. The van der Waals surface area contributed by atoms with E-state index in [1.807, 2.05) is 25.1 Å². The Hall–Kier alpha value is -1.42. The number of methoxy groups -OCH3 is 1. The average Bonchev–Trinajstić information content (AvgIpc) is 2.45. The second-order valence-corrected chi connectivity index (χ2v) is 5.48. The van der Waals surface area contributed by atoms with Gasteiger partial charge in [0.1, 0.15) is 18.1 Å². The zero-order valence-corrected chi connectivity index (χ0v) is 13.3. The number of hydrogen-bond donors (Lipinski definition) is 1. The van der Waals surface area contributed by atoms with Gasteiger partial charge in [-0.3, -0.25) is 0 Å². The molecule has 0 amide bonds. The zero-order valence-electron chi connectivity index (χ0n) is 11.8. The SMILES string of the molecule is COc1ccc(C)cc1COc1c(Cl)cc(Cl)cc1CO. The van der Waals surface area contributed by atoms with Crippen molar-refractivity contribution < 1.29 is 14.6 Å². The van der Waals surface area contributed by atoms with Crippen molar-refractivity contribution >= 4 is 23.2 Å². The van der Waals surface area contributed by atoms with Gasteiger partial charge in [0, 0.05) is 16.1 Å². The van der Waals surface area contributed by atoms with Gasteiger partial charge in [-0.05, 0) is 31.2 Å². The van der Waals surface area contributed by atoms with Crippen LogP contribution in [0.3, 0.4) is 0 Å². The van der Waals surface area contributed by atoms with Gasteiger partial charge in [-0.1, -0.05) is 34.8 Å². The molecule has 0 atom stereocenters. The smallest absolute Gasteiger partial charge is 0.144 e. The van der Waals surface area contributed by atoms with Crippen LogP contribution < -0.4 is 9.47 Å². The largest absolute Gasteiger partial charge is 0.496 e. The van der Waals surface area contributed by atoms with Crippen LogP contribution in [0.1, 0.15) is 16.7 Å². The van der Waals surface area contributed by atoms with Crippen LogP contribution in [0.5, 0.6) is 11.5 Å². The maximum absolute atomic E-state index is 9.39.